The standard InChI is InChI=1S/C10H12N2O4S/c1-6-4-5-17-9(6)10(16)12-11-7(13)2-3-8(14)15/h4-5H,2-3H2,1H3,(H,11,13)(H,12,16)(H,14,15)/p-1. The van der Waals surface area contributed by atoms with E-state index in [4.69, 9.17) is 0 Å². The van der Waals surface area contributed by atoms with Gasteiger partial charge in [0.15, 0.2) is 0 Å². The Kier molecular flexibility index (Phi) is 4.65. The van der Waals surface area contributed by atoms with E-state index < -0.39 is 17.8 Å². The van der Waals surface area contributed by atoms with Crippen LogP contribution in [0.3, 0.4) is 0 Å². The minimum Gasteiger partial charge on any atom is -0.550 e. The molecule has 1 heterocycles. The van der Waals surface area contributed by atoms with Gasteiger partial charge in [-0.05, 0) is 30.4 Å². The summed E-state index contributed by atoms with van der Waals surface area (Å²) in [6, 6.07) is 1.79. The summed E-state index contributed by atoms with van der Waals surface area (Å²) in [4.78, 5) is 33.2. The summed E-state index contributed by atoms with van der Waals surface area (Å²) in [7, 11) is 0. The number of carbonyl (C=O) groups excluding carboxylic acids is 3. The van der Waals surface area contributed by atoms with Crippen molar-refractivity contribution in [2.24, 2.45) is 0 Å². The lowest BCUT2D eigenvalue weighted by Crippen LogP contribution is -2.42. The van der Waals surface area contributed by atoms with Crippen LogP contribution in [0.1, 0.15) is 28.1 Å². The number of carbonyl (C=O) groups is 3. The Hall–Kier alpha value is -1.89. The lowest BCUT2D eigenvalue weighted by Gasteiger charge is -2.07. The van der Waals surface area contributed by atoms with Gasteiger partial charge in [-0.15, -0.1) is 11.3 Å². The van der Waals surface area contributed by atoms with Gasteiger partial charge in [0.05, 0.1) is 4.88 Å². The minimum absolute atomic E-state index is 0.230. The summed E-state index contributed by atoms with van der Waals surface area (Å²) in [5.41, 5.74) is 5.15. The van der Waals surface area contributed by atoms with Crippen molar-refractivity contribution in [1.82, 2.24) is 10.9 Å². The summed E-state index contributed by atoms with van der Waals surface area (Å²) in [5.74, 6) is -2.29. The van der Waals surface area contributed by atoms with E-state index in [0.29, 0.717) is 4.88 Å². The zero-order chi connectivity index (χ0) is 12.8. The number of rotatable bonds is 4. The molecule has 2 amide bonds. The molecule has 0 aliphatic carbocycles. The molecule has 0 aromatic carbocycles. The van der Waals surface area contributed by atoms with Gasteiger partial charge in [-0.3, -0.25) is 20.4 Å². The SMILES string of the molecule is Cc1ccsc1C(=O)NNC(=O)CCC(=O)[O-]. The Morgan fingerprint density at radius 3 is 2.53 bits per heavy atom. The van der Waals surface area contributed by atoms with Crippen LogP contribution in [-0.2, 0) is 9.59 Å². The Morgan fingerprint density at radius 1 is 1.29 bits per heavy atom. The van der Waals surface area contributed by atoms with Crippen LogP contribution in [0.2, 0.25) is 0 Å². The van der Waals surface area contributed by atoms with Gasteiger partial charge in [-0.2, -0.15) is 0 Å². The first-order chi connectivity index (χ1) is 8.00. The van der Waals surface area contributed by atoms with E-state index in [0.717, 1.165) is 5.56 Å². The molecule has 0 unspecified atom stereocenters. The average molecular weight is 255 g/mol. The van der Waals surface area contributed by atoms with Crippen molar-refractivity contribution in [3.63, 3.8) is 0 Å². The molecule has 2 N–H and O–H groups in total. The molecule has 0 aliphatic heterocycles. The monoisotopic (exact) mass is 255 g/mol. The molecular formula is C10H11N2O4S-. The van der Waals surface area contributed by atoms with Gasteiger partial charge in [0.1, 0.15) is 0 Å². The van der Waals surface area contributed by atoms with E-state index in [1.807, 2.05) is 0 Å². The van der Waals surface area contributed by atoms with Crippen LogP contribution in [-0.4, -0.2) is 17.8 Å². The molecule has 92 valence electrons. The molecule has 1 aromatic heterocycles. The van der Waals surface area contributed by atoms with E-state index in [2.05, 4.69) is 10.9 Å². The maximum Gasteiger partial charge on any atom is 0.280 e. The first kappa shape index (κ1) is 13.2. The highest BCUT2D eigenvalue weighted by molar-refractivity contribution is 7.12. The van der Waals surface area contributed by atoms with Crippen molar-refractivity contribution < 1.29 is 19.5 Å². The highest BCUT2D eigenvalue weighted by Crippen LogP contribution is 2.14. The third-order valence-electron chi connectivity index (χ3n) is 1.94. The molecule has 0 fully saturated rings. The van der Waals surface area contributed by atoms with Crippen molar-refractivity contribution in [3.8, 4) is 0 Å². The topological polar surface area (TPSA) is 98.3 Å². The van der Waals surface area contributed by atoms with Crippen molar-refractivity contribution in [2.75, 3.05) is 0 Å². The number of aryl methyl sites for hydroxylation is 1. The van der Waals surface area contributed by atoms with Gasteiger partial charge in [0.25, 0.3) is 5.91 Å². The number of hydrogen-bond acceptors (Lipinski definition) is 5. The quantitative estimate of drug-likeness (QED) is 0.698. The molecule has 6 nitrogen and oxygen atoms in total. The van der Waals surface area contributed by atoms with Gasteiger partial charge in [0.2, 0.25) is 5.91 Å². The van der Waals surface area contributed by atoms with E-state index in [9.17, 15) is 19.5 Å². The highest BCUT2D eigenvalue weighted by atomic mass is 32.1. The second-order valence-electron chi connectivity index (χ2n) is 3.31. The normalized spacial score (nSPS) is 9.71. The molecule has 7 heteroatoms. The molecular weight excluding hydrogens is 244 g/mol. The van der Waals surface area contributed by atoms with Crippen LogP contribution in [0.5, 0.6) is 0 Å². The van der Waals surface area contributed by atoms with Crippen molar-refractivity contribution in [3.05, 3.63) is 21.9 Å². The Labute approximate surface area is 102 Å². The van der Waals surface area contributed by atoms with Gasteiger partial charge in [0, 0.05) is 12.4 Å². The lowest BCUT2D eigenvalue weighted by molar-refractivity contribution is -0.305. The number of carboxylic acids is 1. The first-order valence-electron chi connectivity index (χ1n) is 4.84. The van der Waals surface area contributed by atoms with Gasteiger partial charge in [-0.25, -0.2) is 0 Å². The van der Waals surface area contributed by atoms with E-state index in [1.165, 1.54) is 11.3 Å². The lowest BCUT2D eigenvalue weighted by atomic mass is 10.3. The van der Waals surface area contributed by atoms with Gasteiger partial charge in [-0.1, -0.05) is 0 Å². The molecule has 0 saturated carbocycles. The summed E-state index contributed by atoms with van der Waals surface area (Å²) in [5, 5.41) is 11.9. The number of hydrazine groups is 1. The Balaban J connectivity index is 2.36. The van der Waals surface area contributed by atoms with Crippen LogP contribution < -0.4 is 16.0 Å². The predicted octanol–water partition coefficient (Wildman–Crippen LogP) is -0.652. The zero-order valence-corrected chi connectivity index (χ0v) is 9.93. The predicted molar refractivity (Wildman–Crippen MR) is 58.9 cm³/mol. The van der Waals surface area contributed by atoms with Crippen LogP contribution in [0.4, 0.5) is 0 Å². The van der Waals surface area contributed by atoms with Gasteiger partial charge >= 0.3 is 0 Å². The highest BCUT2D eigenvalue weighted by Gasteiger charge is 2.10. The molecule has 1 rings (SSSR count). The average Bonchev–Trinajstić information content (AvgIpc) is 2.69. The van der Waals surface area contributed by atoms with Crippen LogP contribution in [0.15, 0.2) is 11.4 Å². The maximum atomic E-state index is 11.5. The largest absolute Gasteiger partial charge is 0.550 e. The second kappa shape index (κ2) is 6.00. The molecule has 0 radical (unpaired) electrons. The van der Waals surface area contributed by atoms with Gasteiger partial charge < -0.3 is 9.90 Å². The maximum absolute atomic E-state index is 11.5. The number of carboxylic acid groups (broad SMARTS) is 1. The fraction of sp³-hybridized carbons (Fsp3) is 0.300. The van der Waals surface area contributed by atoms with Crippen LogP contribution in [0.25, 0.3) is 0 Å². The number of nitrogens with one attached hydrogen (secondary N) is 2. The number of thiophene rings is 1. The van der Waals surface area contributed by atoms with E-state index in [-0.39, 0.29) is 12.8 Å². The summed E-state index contributed by atoms with van der Waals surface area (Å²) < 4.78 is 0. The Morgan fingerprint density at radius 2 is 2.00 bits per heavy atom. The summed E-state index contributed by atoms with van der Waals surface area (Å²) >= 11 is 1.26. The first-order valence-corrected chi connectivity index (χ1v) is 5.72. The molecule has 0 aliphatic rings. The molecule has 1 aromatic rings. The zero-order valence-electron chi connectivity index (χ0n) is 9.11. The number of amides is 2. The Bertz CT molecular complexity index is 441. The molecule has 0 spiro atoms. The fourth-order valence-corrected chi connectivity index (χ4v) is 1.89. The summed E-state index contributed by atoms with van der Waals surface area (Å²) in [6.45, 7) is 1.78. The van der Waals surface area contributed by atoms with Crippen molar-refractivity contribution in [1.29, 1.82) is 0 Å². The molecule has 17 heavy (non-hydrogen) atoms. The minimum atomic E-state index is -1.31. The second-order valence-corrected chi connectivity index (χ2v) is 4.22. The molecule has 0 saturated heterocycles. The van der Waals surface area contributed by atoms with Crippen LogP contribution >= 0.6 is 11.3 Å². The van der Waals surface area contributed by atoms with Crippen LogP contribution in [0, 0.1) is 6.92 Å². The molecule has 0 bridgehead atoms. The fourth-order valence-electron chi connectivity index (χ4n) is 1.07. The third kappa shape index (κ3) is 4.23. The summed E-state index contributed by atoms with van der Waals surface area (Å²) in [6.07, 6.45) is -0.605. The third-order valence-corrected chi connectivity index (χ3v) is 2.96. The number of hydrogen-bond donors (Lipinski definition) is 2. The number of aliphatic carboxylic acids is 1. The van der Waals surface area contributed by atoms with E-state index in [1.54, 1.807) is 18.4 Å². The smallest absolute Gasteiger partial charge is 0.280 e. The van der Waals surface area contributed by atoms with Crippen molar-refractivity contribution in [2.45, 2.75) is 19.8 Å². The van der Waals surface area contributed by atoms with Crippen molar-refractivity contribution >= 4 is 29.1 Å². The molecule has 0 atom stereocenters. The van der Waals surface area contributed by atoms with E-state index >= 15 is 0 Å².